The molecule has 1 aromatic carbocycles. The van der Waals surface area contributed by atoms with Gasteiger partial charge < -0.3 is 25.6 Å². The average Bonchev–Trinajstić information content (AvgIpc) is 2.78. The smallest absolute Gasteiger partial charge is 0.303 e. The van der Waals surface area contributed by atoms with Crippen LogP contribution in [0.3, 0.4) is 0 Å². The van der Waals surface area contributed by atoms with Crippen molar-refractivity contribution in [2.75, 3.05) is 23.4 Å². The van der Waals surface area contributed by atoms with E-state index in [-0.39, 0.29) is 19.4 Å². The van der Waals surface area contributed by atoms with Crippen molar-refractivity contribution in [3.8, 4) is 5.75 Å². The number of likely N-dealkylation sites (N-methyl/N-ethyl adjacent to an activating group) is 1. The number of carboxylic acid groups (broad SMARTS) is 1. The van der Waals surface area contributed by atoms with Gasteiger partial charge in [0.1, 0.15) is 11.6 Å². The number of benzene rings is 1. The molecule has 0 saturated heterocycles. The Morgan fingerprint density at radius 3 is 2.45 bits per heavy atom. The number of aliphatic hydroxyl groups excluding tert-OH is 1. The second-order valence-corrected chi connectivity index (χ2v) is 7.34. The third kappa shape index (κ3) is 8.77. The third-order valence-electron chi connectivity index (χ3n) is 4.51. The van der Waals surface area contributed by atoms with E-state index in [2.05, 4.69) is 15.6 Å². The number of nitrogens with zero attached hydrogens (tertiary/aromatic N) is 2. The van der Waals surface area contributed by atoms with Crippen LogP contribution in [0.2, 0.25) is 0 Å². The van der Waals surface area contributed by atoms with Crippen LogP contribution in [0.15, 0.2) is 48.7 Å². The van der Waals surface area contributed by atoms with Crippen molar-refractivity contribution < 1.29 is 29.3 Å². The lowest BCUT2D eigenvalue weighted by Crippen LogP contribution is -2.53. The van der Waals surface area contributed by atoms with Gasteiger partial charge in [-0.25, -0.2) is 4.98 Å². The Bertz CT molecular complexity index is 905. The molecular formula is C23H30N4O6. The number of carboxylic acids is 1. The quantitative estimate of drug-likeness (QED) is 0.264. The Labute approximate surface area is 192 Å². The van der Waals surface area contributed by atoms with Crippen molar-refractivity contribution in [2.45, 2.75) is 45.4 Å². The standard InChI is InChI=1S/C23H30N4O6/c1-3-27(19-7-4-5-13-24-19)23(32)22(26-20(29)15-16(2)28)25-17-9-11-18(12-10-17)33-14-6-8-21(30)31/h4-5,7,9-13,16,22,25,28H,3,6,8,14-15H2,1-2H3,(H,26,29)(H,30,31). The molecule has 4 N–H and O–H groups in total. The average molecular weight is 459 g/mol. The first kappa shape index (κ1) is 25.6. The molecule has 0 aliphatic heterocycles. The molecule has 0 saturated carbocycles. The number of anilines is 2. The van der Waals surface area contributed by atoms with Crippen LogP contribution in [-0.4, -0.2) is 58.4 Å². The first-order valence-electron chi connectivity index (χ1n) is 10.7. The number of carbonyl (C=O) groups is 3. The highest BCUT2D eigenvalue weighted by Gasteiger charge is 2.27. The van der Waals surface area contributed by atoms with Crippen molar-refractivity contribution in [3.05, 3.63) is 48.7 Å². The molecule has 1 heterocycles. The fourth-order valence-electron chi connectivity index (χ4n) is 2.98. The Balaban J connectivity index is 2.12. The zero-order valence-corrected chi connectivity index (χ0v) is 18.7. The molecule has 0 fully saturated rings. The Kier molecular flexibility index (Phi) is 10.1. The van der Waals surface area contributed by atoms with Crippen LogP contribution in [0.1, 0.15) is 33.1 Å². The van der Waals surface area contributed by atoms with Crippen molar-refractivity contribution in [3.63, 3.8) is 0 Å². The van der Waals surface area contributed by atoms with E-state index >= 15 is 0 Å². The molecule has 10 nitrogen and oxygen atoms in total. The zero-order valence-electron chi connectivity index (χ0n) is 18.7. The molecule has 2 aromatic rings. The van der Waals surface area contributed by atoms with Gasteiger partial charge in [0.05, 0.1) is 19.1 Å². The van der Waals surface area contributed by atoms with E-state index in [1.807, 2.05) is 0 Å². The molecule has 2 atom stereocenters. The number of pyridine rings is 1. The number of ether oxygens (including phenoxy) is 1. The predicted octanol–water partition coefficient (Wildman–Crippen LogP) is 2.00. The first-order valence-corrected chi connectivity index (χ1v) is 10.7. The minimum atomic E-state index is -1.10. The summed E-state index contributed by atoms with van der Waals surface area (Å²) in [6.07, 6.45) is -0.0995. The highest BCUT2D eigenvalue weighted by molar-refractivity contribution is 5.99. The number of amides is 2. The van der Waals surface area contributed by atoms with E-state index in [9.17, 15) is 19.5 Å². The molecule has 10 heteroatoms. The number of aliphatic carboxylic acids is 1. The molecular weight excluding hydrogens is 428 g/mol. The Morgan fingerprint density at radius 2 is 1.88 bits per heavy atom. The number of hydrogen-bond donors (Lipinski definition) is 4. The summed E-state index contributed by atoms with van der Waals surface area (Å²) in [6.45, 7) is 3.90. The summed E-state index contributed by atoms with van der Waals surface area (Å²) in [5.41, 5.74) is 0.556. The Hall–Kier alpha value is -3.66. The molecule has 2 rings (SSSR count). The molecule has 0 aliphatic rings. The molecule has 2 unspecified atom stereocenters. The minimum absolute atomic E-state index is 0.0276. The predicted molar refractivity (Wildman–Crippen MR) is 123 cm³/mol. The van der Waals surface area contributed by atoms with Crippen LogP contribution in [0.4, 0.5) is 11.5 Å². The highest BCUT2D eigenvalue weighted by Crippen LogP contribution is 2.18. The van der Waals surface area contributed by atoms with Gasteiger partial charge in [0.25, 0.3) is 5.91 Å². The summed E-state index contributed by atoms with van der Waals surface area (Å²) in [5, 5.41) is 23.8. The zero-order chi connectivity index (χ0) is 24.2. The highest BCUT2D eigenvalue weighted by atomic mass is 16.5. The fraction of sp³-hybridized carbons (Fsp3) is 0.391. The van der Waals surface area contributed by atoms with Gasteiger partial charge >= 0.3 is 5.97 Å². The maximum Gasteiger partial charge on any atom is 0.303 e. The summed E-state index contributed by atoms with van der Waals surface area (Å²) >= 11 is 0. The molecule has 1 aromatic heterocycles. The first-order chi connectivity index (χ1) is 15.8. The largest absolute Gasteiger partial charge is 0.494 e. The minimum Gasteiger partial charge on any atom is -0.494 e. The lowest BCUT2D eigenvalue weighted by Gasteiger charge is -2.27. The van der Waals surface area contributed by atoms with Gasteiger partial charge in [0.2, 0.25) is 5.91 Å². The summed E-state index contributed by atoms with van der Waals surface area (Å²) < 4.78 is 5.51. The Morgan fingerprint density at radius 1 is 1.15 bits per heavy atom. The van der Waals surface area contributed by atoms with Crippen LogP contribution in [0.5, 0.6) is 5.75 Å². The van der Waals surface area contributed by atoms with E-state index in [0.29, 0.717) is 30.2 Å². The second kappa shape index (κ2) is 13.0. The van der Waals surface area contributed by atoms with Crippen molar-refractivity contribution in [1.29, 1.82) is 0 Å². The van der Waals surface area contributed by atoms with Crippen LogP contribution < -0.4 is 20.3 Å². The van der Waals surface area contributed by atoms with Gasteiger partial charge in [-0.05, 0) is 56.7 Å². The van der Waals surface area contributed by atoms with Crippen LogP contribution in [0, 0.1) is 0 Å². The number of hydrogen-bond acceptors (Lipinski definition) is 7. The number of aromatic nitrogens is 1. The van der Waals surface area contributed by atoms with E-state index in [1.165, 1.54) is 11.8 Å². The molecule has 0 bridgehead atoms. The number of nitrogens with one attached hydrogen (secondary N) is 2. The second-order valence-electron chi connectivity index (χ2n) is 7.34. The summed E-state index contributed by atoms with van der Waals surface area (Å²) in [4.78, 5) is 41.8. The van der Waals surface area contributed by atoms with Crippen molar-refractivity contribution in [1.82, 2.24) is 10.3 Å². The van der Waals surface area contributed by atoms with E-state index in [4.69, 9.17) is 9.84 Å². The molecule has 0 aliphatic carbocycles. The van der Waals surface area contributed by atoms with E-state index in [1.54, 1.807) is 55.6 Å². The number of aliphatic hydroxyl groups is 1. The molecule has 178 valence electrons. The van der Waals surface area contributed by atoms with Crippen LogP contribution in [0.25, 0.3) is 0 Å². The van der Waals surface area contributed by atoms with Crippen LogP contribution in [-0.2, 0) is 14.4 Å². The summed E-state index contributed by atoms with van der Waals surface area (Å²) in [6, 6.07) is 11.9. The molecule has 2 amide bonds. The fourth-order valence-corrected chi connectivity index (χ4v) is 2.98. The number of rotatable bonds is 13. The van der Waals surface area contributed by atoms with E-state index < -0.39 is 30.1 Å². The lowest BCUT2D eigenvalue weighted by molar-refractivity contribution is -0.137. The number of carbonyl (C=O) groups excluding carboxylic acids is 2. The van der Waals surface area contributed by atoms with Gasteiger partial charge in [0, 0.05) is 24.8 Å². The summed E-state index contributed by atoms with van der Waals surface area (Å²) in [5.74, 6) is -0.768. The van der Waals surface area contributed by atoms with E-state index in [0.717, 1.165) is 0 Å². The summed E-state index contributed by atoms with van der Waals surface area (Å²) in [7, 11) is 0. The molecule has 0 spiro atoms. The SMILES string of the molecule is CCN(C(=O)C(NC(=O)CC(C)O)Nc1ccc(OCCCC(=O)O)cc1)c1ccccn1. The van der Waals surface area contributed by atoms with Crippen molar-refractivity contribution in [2.24, 2.45) is 0 Å². The van der Waals surface area contributed by atoms with Gasteiger partial charge in [-0.2, -0.15) is 0 Å². The van der Waals surface area contributed by atoms with Gasteiger partial charge in [-0.3, -0.25) is 19.3 Å². The topological polar surface area (TPSA) is 141 Å². The van der Waals surface area contributed by atoms with Gasteiger partial charge in [-0.1, -0.05) is 6.07 Å². The normalized spacial score (nSPS) is 12.3. The van der Waals surface area contributed by atoms with Crippen LogP contribution >= 0.6 is 0 Å². The maximum atomic E-state index is 13.3. The molecule has 0 radical (unpaired) electrons. The maximum absolute atomic E-state index is 13.3. The lowest BCUT2D eigenvalue weighted by atomic mass is 10.2. The third-order valence-corrected chi connectivity index (χ3v) is 4.51. The molecule has 33 heavy (non-hydrogen) atoms. The van der Waals surface area contributed by atoms with Crippen molar-refractivity contribution >= 4 is 29.3 Å². The van der Waals surface area contributed by atoms with Gasteiger partial charge in [0.15, 0.2) is 6.17 Å². The monoisotopic (exact) mass is 458 g/mol. The van der Waals surface area contributed by atoms with Gasteiger partial charge in [-0.15, -0.1) is 0 Å².